The fourth-order valence-electron chi connectivity index (χ4n) is 3.79. The van der Waals surface area contributed by atoms with E-state index in [2.05, 4.69) is 9.88 Å². The number of fused-ring (bicyclic) bond motifs is 1. The van der Waals surface area contributed by atoms with Crippen LogP contribution in [0.3, 0.4) is 0 Å². The van der Waals surface area contributed by atoms with Gasteiger partial charge in [0.05, 0.1) is 36.3 Å². The number of carbonyl (C=O) groups excluding carboxylic acids is 1. The Labute approximate surface area is 198 Å². The van der Waals surface area contributed by atoms with E-state index in [1.54, 1.807) is 19.2 Å². The second kappa shape index (κ2) is 9.96. The number of carbonyl (C=O) groups is 1. The molecule has 0 saturated carbocycles. The van der Waals surface area contributed by atoms with Crippen LogP contribution in [0.4, 0.5) is 0 Å². The Morgan fingerprint density at radius 1 is 1.12 bits per heavy atom. The standard InChI is InChI=1S/C26H26ClN3O3/c1-17-16-19(12-13-21(17)27)33-15-14-30-23-10-6-5-9-22(23)29-25(30)18(2)28-26(31)20-8-4-7-11-24(20)32-3/h4-13,16,18H,14-15H2,1-3H3,(H,28,31). The molecule has 3 aromatic carbocycles. The van der Waals surface area contributed by atoms with Crippen LogP contribution in [0.1, 0.15) is 34.7 Å². The van der Waals surface area contributed by atoms with E-state index >= 15 is 0 Å². The predicted molar refractivity (Wildman–Crippen MR) is 130 cm³/mol. The van der Waals surface area contributed by atoms with Gasteiger partial charge in [-0.1, -0.05) is 35.9 Å². The summed E-state index contributed by atoms with van der Waals surface area (Å²) in [6, 6.07) is 20.4. The summed E-state index contributed by atoms with van der Waals surface area (Å²) in [5.74, 6) is 1.84. The molecule has 4 aromatic rings. The summed E-state index contributed by atoms with van der Waals surface area (Å²) in [6.45, 7) is 4.89. The molecule has 1 N–H and O–H groups in total. The third-order valence-corrected chi connectivity index (χ3v) is 5.91. The zero-order valence-electron chi connectivity index (χ0n) is 18.8. The van der Waals surface area contributed by atoms with Gasteiger partial charge in [-0.2, -0.15) is 0 Å². The Hall–Kier alpha value is -3.51. The van der Waals surface area contributed by atoms with E-state index in [1.807, 2.05) is 68.4 Å². The van der Waals surface area contributed by atoms with E-state index in [0.29, 0.717) is 29.5 Å². The summed E-state index contributed by atoms with van der Waals surface area (Å²) in [5.41, 5.74) is 3.31. The van der Waals surface area contributed by atoms with Gasteiger partial charge in [0.2, 0.25) is 0 Å². The van der Waals surface area contributed by atoms with E-state index in [1.165, 1.54) is 0 Å². The van der Waals surface area contributed by atoms with Crippen LogP contribution in [0.25, 0.3) is 11.0 Å². The SMILES string of the molecule is COc1ccccc1C(=O)NC(C)c1nc2ccccc2n1CCOc1ccc(Cl)c(C)c1. The zero-order chi connectivity index (χ0) is 23.4. The van der Waals surface area contributed by atoms with Gasteiger partial charge in [0.1, 0.15) is 23.9 Å². The van der Waals surface area contributed by atoms with Gasteiger partial charge in [-0.05, 0) is 61.9 Å². The molecule has 6 nitrogen and oxygen atoms in total. The topological polar surface area (TPSA) is 65.4 Å². The summed E-state index contributed by atoms with van der Waals surface area (Å²) in [6.07, 6.45) is 0. The molecule has 0 bridgehead atoms. The van der Waals surface area contributed by atoms with Gasteiger partial charge in [0.15, 0.2) is 0 Å². The van der Waals surface area contributed by atoms with Gasteiger partial charge in [-0.3, -0.25) is 4.79 Å². The lowest BCUT2D eigenvalue weighted by molar-refractivity contribution is 0.0934. The van der Waals surface area contributed by atoms with Crippen molar-refractivity contribution < 1.29 is 14.3 Å². The molecule has 1 aromatic heterocycles. The minimum atomic E-state index is -0.326. The number of rotatable bonds is 8. The number of para-hydroxylation sites is 3. The number of nitrogens with one attached hydrogen (secondary N) is 1. The van der Waals surface area contributed by atoms with E-state index in [4.69, 9.17) is 26.1 Å². The number of benzene rings is 3. The second-order valence-corrected chi connectivity index (χ2v) is 8.17. The minimum absolute atomic E-state index is 0.216. The van der Waals surface area contributed by atoms with Crippen molar-refractivity contribution in [2.24, 2.45) is 0 Å². The molecule has 4 rings (SSSR count). The molecule has 1 amide bonds. The molecule has 0 radical (unpaired) electrons. The van der Waals surface area contributed by atoms with E-state index < -0.39 is 0 Å². The van der Waals surface area contributed by atoms with Crippen molar-refractivity contribution >= 4 is 28.5 Å². The van der Waals surface area contributed by atoms with E-state index in [0.717, 1.165) is 28.2 Å². The number of hydrogen-bond acceptors (Lipinski definition) is 4. The highest BCUT2D eigenvalue weighted by Crippen LogP contribution is 2.24. The van der Waals surface area contributed by atoms with Crippen molar-refractivity contribution in [3.05, 3.63) is 88.7 Å². The summed E-state index contributed by atoms with van der Waals surface area (Å²) >= 11 is 6.11. The van der Waals surface area contributed by atoms with E-state index in [9.17, 15) is 4.79 Å². The van der Waals surface area contributed by atoms with Gasteiger partial charge in [0.25, 0.3) is 5.91 Å². The third kappa shape index (κ3) is 4.96. The lowest BCUT2D eigenvalue weighted by Crippen LogP contribution is -2.29. The molecule has 0 aliphatic rings. The molecule has 0 spiro atoms. The van der Waals surface area contributed by atoms with Crippen molar-refractivity contribution in [2.75, 3.05) is 13.7 Å². The third-order valence-electron chi connectivity index (χ3n) is 5.48. The smallest absolute Gasteiger partial charge is 0.255 e. The number of imidazole rings is 1. The molecule has 0 saturated heterocycles. The monoisotopic (exact) mass is 463 g/mol. The first-order valence-corrected chi connectivity index (χ1v) is 11.1. The molecule has 7 heteroatoms. The zero-order valence-corrected chi connectivity index (χ0v) is 19.6. The van der Waals surface area contributed by atoms with Crippen molar-refractivity contribution in [1.82, 2.24) is 14.9 Å². The second-order valence-electron chi connectivity index (χ2n) is 7.77. The van der Waals surface area contributed by atoms with Crippen molar-refractivity contribution in [1.29, 1.82) is 0 Å². The van der Waals surface area contributed by atoms with Crippen LogP contribution < -0.4 is 14.8 Å². The van der Waals surface area contributed by atoms with Crippen LogP contribution in [0, 0.1) is 6.92 Å². The van der Waals surface area contributed by atoms with Gasteiger partial charge in [-0.15, -0.1) is 0 Å². The Bertz CT molecular complexity index is 1290. The van der Waals surface area contributed by atoms with Crippen molar-refractivity contribution in [2.45, 2.75) is 26.4 Å². The van der Waals surface area contributed by atoms with Crippen LogP contribution >= 0.6 is 11.6 Å². The van der Waals surface area contributed by atoms with Crippen LogP contribution in [-0.4, -0.2) is 29.2 Å². The molecule has 0 aliphatic carbocycles. The fourth-order valence-corrected chi connectivity index (χ4v) is 3.91. The van der Waals surface area contributed by atoms with Crippen molar-refractivity contribution in [3.8, 4) is 11.5 Å². The molecule has 170 valence electrons. The summed E-state index contributed by atoms with van der Waals surface area (Å²) in [7, 11) is 1.55. The van der Waals surface area contributed by atoms with Crippen LogP contribution in [0.2, 0.25) is 5.02 Å². The molecule has 1 heterocycles. The average Bonchev–Trinajstić information content (AvgIpc) is 3.20. The molecule has 0 aliphatic heterocycles. The molecule has 33 heavy (non-hydrogen) atoms. The number of aromatic nitrogens is 2. The summed E-state index contributed by atoms with van der Waals surface area (Å²) in [5, 5.41) is 3.77. The number of hydrogen-bond donors (Lipinski definition) is 1. The maximum Gasteiger partial charge on any atom is 0.255 e. The highest BCUT2D eigenvalue weighted by atomic mass is 35.5. The van der Waals surface area contributed by atoms with Gasteiger partial charge >= 0.3 is 0 Å². The Morgan fingerprint density at radius 3 is 2.67 bits per heavy atom. The molecular formula is C26H26ClN3O3. The van der Waals surface area contributed by atoms with Crippen LogP contribution in [0.5, 0.6) is 11.5 Å². The Balaban J connectivity index is 1.55. The number of amides is 1. The van der Waals surface area contributed by atoms with Crippen molar-refractivity contribution in [3.63, 3.8) is 0 Å². The van der Waals surface area contributed by atoms with Gasteiger partial charge in [0, 0.05) is 5.02 Å². The molecule has 1 atom stereocenters. The number of ether oxygens (including phenoxy) is 2. The van der Waals surface area contributed by atoms with Gasteiger partial charge < -0.3 is 19.4 Å². The largest absolute Gasteiger partial charge is 0.496 e. The number of methoxy groups -OCH3 is 1. The van der Waals surface area contributed by atoms with Crippen LogP contribution in [-0.2, 0) is 6.54 Å². The molecule has 1 unspecified atom stereocenters. The average molecular weight is 464 g/mol. The Kier molecular flexibility index (Phi) is 6.84. The predicted octanol–water partition coefficient (Wildman–Crippen LogP) is 5.58. The van der Waals surface area contributed by atoms with E-state index in [-0.39, 0.29) is 11.9 Å². The molecular weight excluding hydrogens is 438 g/mol. The first-order chi connectivity index (χ1) is 16.0. The first kappa shape index (κ1) is 22.7. The normalized spacial score (nSPS) is 11.9. The summed E-state index contributed by atoms with van der Waals surface area (Å²) < 4.78 is 13.4. The Morgan fingerprint density at radius 2 is 1.88 bits per heavy atom. The maximum absolute atomic E-state index is 12.9. The number of aryl methyl sites for hydroxylation is 1. The quantitative estimate of drug-likeness (QED) is 0.370. The van der Waals surface area contributed by atoms with Crippen LogP contribution in [0.15, 0.2) is 66.7 Å². The highest BCUT2D eigenvalue weighted by molar-refractivity contribution is 6.31. The summed E-state index contributed by atoms with van der Waals surface area (Å²) in [4.78, 5) is 17.7. The minimum Gasteiger partial charge on any atom is -0.496 e. The lowest BCUT2D eigenvalue weighted by Gasteiger charge is -2.17. The number of halogens is 1. The number of nitrogens with zero attached hydrogens (tertiary/aromatic N) is 2. The lowest BCUT2D eigenvalue weighted by atomic mass is 10.1. The highest BCUT2D eigenvalue weighted by Gasteiger charge is 2.20. The van der Waals surface area contributed by atoms with Gasteiger partial charge in [-0.25, -0.2) is 4.98 Å². The first-order valence-electron chi connectivity index (χ1n) is 10.8. The molecule has 0 fully saturated rings. The fraction of sp³-hybridized carbons (Fsp3) is 0.231. The maximum atomic E-state index is 12.9.